The van der Waals surface area contributed by atoms with Gasteiger partial charge in [0.15, 0.2) is 0 Å². The Morgan fingerprint density at radius 2 is 2.38 bits per heavy atom. The lowest BCUT2D eigenvalue weighted by atomic mass is 10.3. The topological polar surface area (TPSA) is 67.8 Å². The normalized spacial score (nSPS) is 20.9. The van der Waals surface area contributed by atoms with E-state index < -0.39 is 0 Å². The molecule has 0 aromatic rings. The largest absolute Gasteiger partial charge is 0.390 e. The van der Waals surface area contributed by atoms with Crippen molar-refractivity contribution in [3.8, 4) is 0 Å². The van der Waals surface area contributed by atoms with E-state index in [9.17, 15) is 4.79 Å². The molecule has 0 aromatic carbocycles. The van der Waals surface area contributed by atoms with Crippen molar-refractivity contribution < 1.29 is 9.90 Å². The lowest BCUT2D eigenvalue weighted by molar-refractivity contribution is -0.129. The molecule has 0 bridgehead atoms. The molecule has 1 amide bonds. The number of fused-ring (bicyclic) bond motifs is 1. The highest BCUT2D eigenvalue weighted by molar-refractivity contribution is 5.90. The van der Waals surface area contributed by atoms with Gasteiger partial charge in [-0.05, 0) is 0 Å². The molecule has 0 spiro atoms. The van der Waals surface area contributed by atoms with Crippen LogP contribution in [-0.4, -0.2) is 34.7 Å². The van der Waals surface area contributed by atoms with Crippen LogP contribution in [0.25, 0.3) is 0 Å². The first kappa shape index (κ1) is 8.09. The van der Waals surface area contributed by atoms with Crippen molar-refractivity contribution in [3.05, 3.63) is 23.8 Å². The van der Waals surface area contributed by atoms with Gasteiger partial charge in [-0.2, -0.15) is 0 Å². The summed E-state index contributed by atoms with van der Waals surface area (Å²) in [4.78, 5) is 11.4. The van der Waals surface area contributed by atoms with E-state index in [0.29, 0.717) is 11.5 Å². The molecule has 0 saturated heterocycles. The van der Waals surface area contributed by atoms with Gasteiger partial charge >= 0.3 is 0 Å². The van der Waals surface area contributed by atoms with Crippen LogP contribution in [0.1, 0.15) is 0 Å². The third-order valence-electron chi connectivity index (χ3n) is 1.79. The first-order valence-electron chi connectivity index (χ1n) is 3.84. The number of amides is 1. The smallest absolute Gasteiger partial charge is 0.270 e. The maximum absolute atomic E-state index is 11.4. The Kier molecular flexibility index (Phi) is 1.71. The van der Waals surface area contributed by atoms with Crippen molar-refractivity contribution in [1.29, 1.82) is 0 Å². The number of nitrogens with one attached hydrogen (secondary N) is 2. The van der Waals surface area contributed by atoms with E-state index in [0.717, 1.165) is 0 Å². The van der Waals surface area contributed by atoms with E-state index in [-0.39, 0.29) is 12.5 Å². The van der Waals surface area contributed by atoms with E-state index >= 15 is 0 Å². The highest BCUT2D eigenvalue weighted by Gasteiger charge is 2.27. The number of aliphatic hydroxyl groups excluding tert-OH is 1. The molecule has 13 heavy (non-hydrogen) atoms. The highest BCUT2D eigenvalue weighted by atomic mass is 16.3. The Bertz CT molecular complexity index is 310. The summed E-state index contributed by atoms with van der Waals surface area (Å²) >= 11 is 0. The van der Waals surface area contributed by atoms with Crippen molar-refractivity contribution in [2.45, 2.75) is 0 Å². The number of hydrogen-bond acceptors (Lipinski definition) is 5. The van der Waals surface area contributed by atoms with Gasteiger partial charge in [0.2, 0.25) is 0 Å². The summed E-state index contributed by atoms with van der Waals surface area (Å²) in [6, 6.07) is 0. The van der Waals surface area contributed by atoms with Crippen molar-refractivity contribution in [2.24, 2.45) is 0 Å². The third-order valence-corrected chi connectivity index (χ3v) is 1.79. The SMILES string of the molecule is CN1C=C2NC(CO)=CC(=O)N2N1. The predicted octanol–water partition coefficient (Wildman–Crippen LogP) is -1.54. The zero-order valence-electron chi connectivity index (χ0n) is 7.11. The molecule has 0 unspecified atom stereocenters. The monoisotopic (exact) mass is 182 g/mol. The van der Waals surface area contributed by atoms with Gasteiger partial charge in [0.1, 0.15) is 5.82 Å². The maximum Gasteiger partial charge on any atom is 0.270 e. The zero-order chi connectivity index (χ0) is 9.42. The first-order valence-corrected chi connectivity index (χ1v) is 3.84. The molecule has 70 valence electrons. The van der Waals surface area contributed by atoms with Crippen molar-refractivity contribution in [2.75, 3.05) is 13.7 Å². The number of hydrazine groups is 2. The number of carbonyl (C=O) groups is 1. The Morgan fingerprint density at radius 1 is 1.62 bits per heavy atom. The molecule has 0 fully saturated rings. The van der Waals surface area contributed by atoms with Gasteiger partial charge in [0.05, 0.1) is 12.8 Å². The second kappa shape index (κ2) is 2.75. The summed E-state index contributed by atoms with van der Waals surface area (Å²) in [7, 11) is 1.78. The van der Waals surface area contributed by atoms with Crippen LogP contribution in [0.4, 0.5) is 0 Å². The number of nitrogens with zero attached hydrogens (tertiary/aromatic N) is 2. The van der Waals surface area contributed by atoms with E-state index in [2.05, 4.69) is 10.9 Å². The van der Waals surface area contributed by atoms with Gasteiger partial charge in [-0.25, -0.2) is 5.01 Å². The minimum Gasteiger partial charge on any atom is -0.390 e. The maximum atomic E-state index is 11.4. The fraction of sp³-hybridized carbons (Fsp3) is 0.286. The van der Waals surface area contributed by atoms with Crippen LogP contribution >= 0.6 is 0 Å². The van der Waals surface area contributed by atoms with E-state index in [1.54, 1.807) is 18.3 Å². The van der Waals surface area contributed by atoms with Crippen molar-refractivity contribution in [1.82, 2.24) is 20.9 Å². The molecule has 0 aliphatic carbocycles. The second-order valence-corrected chi connectivity index (χ2v) is 2.85. The van der Waals surface area contributed by atoms with E-state index in [4.69, 9.17) is 5.11 Å². The van der Waals surface area contributed by atoms with Gasteiger partial charge in [0.25, 0.3) is 5.91 Å². The van der Waals surface area contributed by atoms with Crippen LogP contribution in [0.3, 0.4) is 0 Å². The fourth-order valence-corrected chi connectivity index (χ4v) is 1.24. The molecule has 3 N–H and O–H groups in total. The number of hydrogen-bond donors (Lipinski definition) is 3. The quantitative estimate of drug-likeness (QED) is 0.458. The highest BCUT2D eigenvalue weighted by Crippen LogP contribution is 2.14. The van der Waals surface area contributed by atoms with Crippen LogP contribution in [0, 0.1) is 0 Å². The Hall–Kier alpha value is -1.53. The summed E-state index contributed by atoms with van der Waals surface area (Å²) < 4.78 is 0. The average Bonchev–Trinajstić information content (AvgIpc) is 2.46. The molecule has 6 nitrogen and oxygen atoms in total. The van der Waals surface area contributed by atoms with Crippen LogP contribution < -0.4 is 10.9 Å². The molecular weight excluding hydrogens is 172 g/mol. The summed E-state index contributed by atoms with van der Waals surface area (Å²) in [5, 5.41) is 14.7. The molecule has 0 aromatic heterocycles. The molecule has 2 aliphatic rings. The minimum absolute atomic E-state index is 0.166. The van der Waals surface area contributed by atoms with Crippen LogP contribution in [0.15, 0.2) is 23.8 Å². The standard InChI is InChI=1S/C7H10N4O2/c1-10-3-6-8-5(4-12)2-7(13)11(6)9-10/h2-3,8-9,12H,4H2,1H3. The molecule has 0 saturated carbocycles. The molecular formula is C7H10N4O2. The fourth-order valence-electron chi connectivity index (χ4n) is 1.24. The summed E-state index contributed by atoms with van der Waals surface area (Å²) in [5.41, 5.74) is 3.29. The van der Waals surface area contributed by atoms with Crippen LogP contribution in [-0.2, 0) is 4.79 Å². The average molecular weight is 182 g/mol. The summed E-state index contributed by atoms with van der Waals surface area (Å²) in [5.74, 6) is 0.428. The van der Waals surface area contributed by atoms with Gasteiger partial charge in [-0.15, -0.1) is 5.53 Å². The molecule has 6 heteroatoms. The van der Waals surface area contributed by atoms with Gasteiger partial charge in [-0.1, -0.05) is 0 Å². The molecule has 2 heterocycles. The van der Waals surface area contributed by atoms with Crippen molar-refractivity contribution in [3.63, 3.8) is 0 Å². The van der Waals surface area contributed by atoms with Gasteiger partial charge in [-0.3, -0.25) is 9.80 Å². The lowest BCUT2D eigenvalue weighted by Gasteiger charge is -2.24. The number of aliphatic hydroxyl groups is 1. The van der Waals surface area contributed by atoms with Gasteiger partial charge < -0.3 is 10.4 Å². The summed E-state index contributed by atoms with van der Waals surface area (Å²) in [6.07, 6.45) is 3.07. The molecule has 2 rings (SSSR count). The Labute approximate surface area is 75.1 Å². The zero-order valence-corrected chi connectivity index (χ0v) is 7.11. The van der Waals surface area contributed by atoms with E-state index in [1.807, 2.05) is 0 Å². The Morgan fingerprint density at radius 3 is 3.08 bits per heavy atom. The van der Waals surface area contributed by atoms with Crippen LogP contribution in [0.5, 0.6) is 0 Å². The lowest BCUT2D eigenvalue weighted by Crippen LogP contribution is -2.47. The van der Waals surface area contributed by atoms with E-state index in [1.165, 1.54) is 11.1 Å². The van der Waals surface area contributed by atoms with Crippen molar-refractivity contribution >= 4 is 5.91 Å². The number of carbonyl (C=O) groups excluding carboxylic acids is 1. The van der Waals surface area contributed by atoms with Gasteiger partial charge in [0, 0.05) is 18.8 Å². The predicted molar refractivity (Wildman–Crippen MR) is 44.1 cm³/mol. The first-order chi connectivity index (χ1) is 6.20. The molecule has 0 radical (unpaired) electrons. The second-order valence-electron chi connectivity index (χ2n) is 2.85. The molecule has 2 aliphatic heterocycles. The Balaban J connectivity index is 2.27. The van der Waals surface area contributed by atoms with Crippen LogP contribution in [0.2, 0.25) is 0 Å². The summed E-state index contributed by atoms with van der Waals surface area (Å²) in [6.45, 7) is -0.166. The minimum atomic E-state index is -0.196. The number of rotatable bonds is 1. The molecule has 0 atom stereocenters. The third kappa shape index (κ3) is 1.25.